The first-order valence-electron chi connectivity index (χ1n) is 15.4. The predicted octanol–water partition coefficient (Wildman–Crippen LogP) is 11.3. The summed E-state index contributed by atoms with van der Waals surface area (Å²) in [5, 5.41) is 19.6. The van der Waals surface area contributed by atoms with Crippen LogP contribution in [0.2, 0.25) is 0 Å². The number of allylic oxidation sites excluding steroid dienone is 21. The van der Waals surface area contributed by atoms with Crippen molar-refractivity contribution in [1.29, 1.82) is 0 Å². The number of aliphatic hydroxyl groups is 2. The van der Waals surface area contributed by atoms with Crippen molar-refractivity contribution >= 4 is 0 Å². The molecule has 0 unspecified atom stereocenters. The summed E-state index contributed by atoms with van der Waals surface area (Å²) in [6, 6.07) is 0. The minimum atomic E-state index is -0.664. The number of hydrogen-bond acceptors (Lipinski definition) is 2. The van der Waals surface area contributed by atoms with Gasteiger partial charge in [0.2, 0.25) is 0 Å². The van der Waals surface area contributed by atoms with Crippen LogP contribution in [0.4, 0.5) is 0 Å². The third-order valence-corrected chi connectivity index (χ3v) is 6.39. The van der Waals surface area contributed by atoms with Gasteiger partial charge in [-0.1, -0.05) is 131 Å². The van der Waals surface area contributed by atoms with Crippen molar-refractivity contribution in [2.45, 2.75) is 119 Å². The first-order valence-corrected chi connectivity index (χ1v) is 15.4. The van der Waals surface area contributed by atoms with Gasteiger partial charge in [-0.2, -0.15) is 0 Å². The van der Waals surface area contributed by atoms with Crippen LogP contribution in [0.3, 0.4) is 0 Å². The van der Waals surface area contributed by atoms with Crippen LogP contribution in [0.1, 0.15) is 108 Å². The number of rotatable bonds is 18. The molecular formula is C40H60O2. The van der Waals surface area contributed by atoms with E-state index in [-0.39, 0.29) is 0 Å². The van der Waals surface area contributed by atoms with Gasteiger partial charge in [0.1, 0.15) is 0 Å². The van der Waals surface area contributed by atoms with Crippen molar-refractivity contribution in [2.75, 3.05) is 0 Å². The molecule has 0 bridgehead atoms. The second-order valence-electron chi connectivity index (χ2n) is 12.8. The van der Waals surface area contributed by atoms with Gasteiger partial charge in [-0.25, -0.2) is 0 Å². The molecule has 0 amide bonds. The van der Waals surface area contributed by atoms with Gasteiger partial charge < -0.3 is 10.2 Å². The molecule has 0 spiro atoms. The SMILES string of the molecule is CC(C=CC=C(C)C=CC=C(C)C=CCC(C)(C)O)=CC=CC=C(C)C=CC=C(C)CCC=C(C)CCCC(C)(C)O. The molecule has 2 nitrogen and oxygen atoms in total. The maximum atomic E-state index is 9.83. The van der Waals surface area contributed by atoms with Gasteiger partial charge in [-0.15, -0.1) is 0 Å². The van der Waals surface area contributed by atoms with Gasteiger partial charge in [0.25, 0.3) is 0 Å². The van der Waals surface area contributed by atoms with Crippen molar-refractivity contribution in [2.24, 2.45) is 0 Å². The van der Waals surface area contributed by atoms with Crippen LogP contribution in [-0.2, 0) is 0 Å². The Balaban J connectivity index is 4.63. The minimum Gasteiger partial charge on any atom is -0.390 e. The summed E-state index contributed by atoms with van der Waals surface area (Å²) >= 11 is 0. The average molecular weight is 573 g/mol. The molecule has 0 rings (SSSR count). The van der Waals surface area contributed by atoms with Crippen LogP contribution < -0.4 is 0 Å². The molecule has 232 valence electrons. The number of hydrogen-bond donors (Lipinski definition) is 2. The van der Waals surface area contributed by atoms with Gasteiger partial charge in [-0.05, 0) is 108 Å². The molecule has 0 saturated heterocycles. The van der Waals surface area contributed by atoms with Crippen molar-refractivity contribution in [3.8, 4) is 0 Å². The Morgan fingerprint density at radius 1 is 0.524 bits per heavy atom. The highest BCUT2D eigenvalue weighted by Gasteiger charge is 2.11. The van der Waals surface area contributed by atoms with E-state index >= 15 is 0 Å². The molecular weight excluding hydrogens is 512 g/mol. The average Bonchev–Trinajstić information content (AvgIpc) is 2.85. The van der Waals surface area contributed by atoms with E-state index in [2.05, 4.69) is 127 Å². The van der Waals surface area contributed by atoms with Gasteiger partial charge in [0, 0.05) is 0 Å². The van der Waals surface area contributed by atoms with E-state index < -0.39 is 11.2 Å². The van der Waals surface area contributed by atoms with Crippen LogP contribution in [0.25, 0.3) is 0 Å². The summed E-state index contributed by atoms with van der Waals surface area (Å²) in [6.07, 6.45) is 39.5. The zero-order valence-corrected chi connectivity index (χ0v) is 28.4. The van der Waals surface area contributed by atoms with Crippen LogP contribution in [0.5, 0.6) is 0 Å². The molecule has 0 atom stereocenters. The third kappa shape index (κ3) is 27.2. The second kappa shape index (κ2) is 21.7. The molecule has 0 radical (unpaired) electrons. The van der Waals surface area contributed by atoms with E-state index in [0.29, 0.717) is 6.42 Å². The van der Waals surface area contributed by atoms with Crippen molar-refractivity contribution < 1.29 is 10.2 Å². The first kappa shape index (κ1) is 39.1. The van der Waals surface area contributed by atoms with Crippen molar-refractivity contribution in [3.05, 3.63) is 131 Å². The lowest BCUT2D eigenvalue weighted by Gasteiger charge is -2.16. The molecule has 0 aromatic rings. The predicted molar refractivity (Wildman–Crippen MR) is 189 cm³/mol. The highest BCUT2D eigenvalue weighted by Crippen LogP contribution is 2.16. The maximum absolute atomic E-state index is 9.83. The fourth-order valence-corrected chi connectivity index (χ4v) is 3.77. The zero-order chi connectivity index (χ0) is 32.0. The van der Waals surface area contributed by atoms with E-state index in [1.54, 1.807) is 0 Å². The van der Waals surface area contributed by atoms with Crippen LogP contribution in [0, 0.1) is 0 Å². The summed E-state index contributed by atoms with van der Waals surface area (Å²) in [7, 11) is 0. The van der Waals surface area contributed by atoms with Gasteiger partial charge in [0.05, 0.1) is 11.2 Å². The third-order valence-electron chi connectivity index (χ3n) is 6.39. The van der Waals surface area contributed by atoms with Crippen LogP contribution in [0.15, 0.2) is 131 Å². The Kier molecular flexibility index (Phi) is 20.2. The van der Waals surface area contributed by atoms with E-state index in [9.17, 15) is 10.2 Å². The monoisotopic (exact) mass is 572 g/mol. The lowest BCUT2D eigenvalue weighted by atomic mass is 9.99. The molecule has 0 aromatic heterocycles. The van der Waals surface area contributed by atoms with Crippen LogP contribution >= 0.6 is 0 Å². The normalized spacial score (nSPS) is 16.1. The van der Waals surface area contributed by atoms with E-state index in [1.807, 2.05) is 39.8 Å². The summed E-state index contributed by atoms with van der Waals surface area (Å²) in [5.41, 5.74) is 6.30. The van der Waals surface area contributed by atoms with Crippen molar-refractivity contribution in [3.63, 3.8) is 0 Å². The zero-order valence-electron chi connectivity index (χ0n) is 28.4. The van der Waals surface area contributed by atoms with Gasteiger partial charge in [-0.3, -0.25) is 0 Å². The molecule has 2 heteroatoms. The highest BCUT2D eigenvalue weighted by atomic mass is 16.3. The Morgan fingerprint density at radius 2 is 0.976 bits per heavy atom. The molecule has 0 aliphatic heterocycles. The Bertz CT molecular complexity index is 1120. The molecule has 0 aliphatic rings. The fourth-order valence-electron chi connectivity index (χ4n) is 3.77. The first-order chi connectivity index (χ1) is 19.6. The highest BCUT2D eigenvalue weighted by molar-refractivity contribution is 5.32. The Labute approximate surface area is 259 Å². The molecule has 2 N–H and O–H groups in total. The molecule has 42 heavy (non-hydrogen) atoms. The summed E-state index contributed by atoms with van der Waals surface area (Å²) in [4.78, 5) is 0. The standard InChI is InChI=1S/C40H60O2/c1-33(21-13-23-35(3)25-15-27-37(5)29-17-31-39(7,8)41)19-11-12-20-34(2)22-14-24-36(4)26-16-28-38(6)30-18-32-40(9,10)42/h11-15,17,19-25,27-29,41-42H,16,18,26,30-32H2,1-10H3. The maximum Gasteiger partial charge on any atom is 0.0626 e. The van der Waals surface area contributed by atoms with E-state index in [4.69, 9.17) is 0 Å². The van der Waals surface area contributed by atoms with E-state index in [0.717, 1.165) is 37.7 Å². The fraction of sp³-hybridized carbons (Fsp3) is 0.450. The topological polar surface area (TPSA) is 40.5 Å². The molecule has 0 aromatic carbocycles. The molecule has 0 heterocycles. The van der Waals surface area contributed by atoms with E-state index in [1.165, 1.54) is 27.9 Å². The molecule has 0 saturated carbocycles. The second-order valence-corrected chi connectivity index (χ2v) is 12.8. The molecule has 0 fully saturated rings. The lowest BCUT2D eigenvalue weighted by molar-refractivity contribution is 0.0689. The van der Waals surface area contributed by atoms with Gasteiger partial charge >= 0.3 is 0 Å². The summed E-state index contributed by atoms with van der Waals surface area (Å²) < 4.78 is 0. The summed E-state index contributed by atoms with van der Waals surface area (Å²) in [5.74, 6) is 0. The van der Waals surface area contributed by atoms with Crippen molar-refractivity contribution in [1.82, 2.24) is 0 Å². The van der Waals surface area contributed by atoms with Gasteiger partial charge in [0.15, 0.2) is 0 Å². The lowest BCUT2D eigenvalue weighted by Crippen LogP contribution is -2.17. The Hall–Kier alpha value is -2.94. The smallest absolute Gasteiger partial charge is 0.0626 e. The molecule has 0 aliphatic carbocycles. The quantitative estimate of drug-likeness (QED) is 0.127. The van der Waals surface area contributed by atoms with Crippen LogP contribution in [-0.4, -0.2) is 21.4 Å². The summed E-state index contributed by atoms with van der Waals surface area (Å²) in [6.45, 7) is 20.1. The Morgan fingerprint density at radius 3 is 1.45 bits per heavy atom. The largest absolute Gasteiger partial charge is 0.390 e. The minimum absolute atomic E-state index is 0.562.